The zero-order valence-electron chi connectivity index (χ0n) is 19.6. The lowest BCUT2D eigenvalue weighted by Crippen LogP contribution is -2.46. The summed E-state index contributed by atoms with van der Waals surface area (Å²) in [4.78, 5) is 19.2. The van der Waals surface area contributed by atoms with Gasteiger partial charge in [0.1, 0.15) is 11.9 Å². The van der Waals surface area contributed by atoms with Crippen LogP contribution in [0, 0.1) is 5.82 Å². The third-order valence-corrected chi connectivity index (χ3v) is 8.69. The molecule has 192 valence electrons. The van der Waals surface area contributed by atoms with E-state index in [-0.39, 0.29) is 25.5 Å². The Hall–Kier alpha value is -3.44. The first-order valence-electron chi connectivity index (χ1n) is 11.6. The quantitative estimate of drug-likeness (QED) is 0.355. The summed E-state index contributed by atoms with van der Waals surface area (Å²) in [5.41, 5.74) is 1.63. The number of sulfonamides is 1. The summed E-state index contributed by atoms with van der Waals surface area (Å²) in [5.74, 6) is -0.398. The van der Waals surface area contributed by atoms with E-state index in [1.165, 1.54) is 17.4 Å². The topological polar surface area (TPSA) is 96.3 Å². The van der Waals surface area contributed by atoms with Gasteiger partial charge in [-0.15, -0.1) is 11.3 Å². The Morgan fingerprint density at radius 1 is 1.17 bits per heavy atom. The van der Waals surface area contributed by atoms with E-state index in [1.807, 2.05) is 13.0 Å². The van der Waals surface area contributed by atoms with Crippen molar-refractivity contribution < 1.29 is 20.5 Å². The Morgan fingerprint density at radius 3 is 2.61 bits per heavy atom. The first-order valence-corrected chi connectivity index (χ1v) is 14.0. The van der Waals surface area contributed by atoms with Crippen LogP contribution in [0.1, 0.15) is 28.7 Å². The molecule has 11 heteroatoms. The van der Waals surface area contributed by atoms with Crippen LogP contribution in [-0.4, -0.2) is 43.0 Å². The van der Waals surface area contributed by atoms with Gasteiger partial charge in [0.25, 0.3) is 10.0 Å². The molecule has 3 heterocycles. The van der Waals surface area contributed by atoms with Gasteiger partial charge < -0.3 is 14.8 Å². The summed E-state index contributed by atoms with van der Waals surface area (Å²) >= 11 is 1.22. The maximum Gasteiger partial charge on any atom is 0.263 e. The number of rotatable bonds is 7. The molecule has 1 atom stereocenters. The normalized spacial score (nSPS) is 15.7. The number of fused-ring (bicyclic) bond motifs is 1. The predicted octanol–water partition coefficient (Wildman–Crippen LogP) is 4.88. The molecule has 8 nitrogen and oxygen atoms in total. The summed E-state index contributed by atoms with van der Waals surface area (Å²) in [6.45, 7) is 3.29. The van der Waals surface area contributed by atoms with Gasteiger partial charge in [0.15, 0.2) is 5.13 Å². The van der Waals surface area contributed by atoms with Crippen molar-refractivity contribution in [1.82, 2.24) is 14.9 Å². The van der Waals surface area contributed by atoms with Crippen molar-refractivity contribution in [3.8, 4) is 0 Å². The highest BCUT2D eigenvalue weighted by Crippen LogP contribution is 2.25. The fourth-order valence-corrected chi connectivity index (χ4v) is 6.29. The minimum absolute atomic E-state index is 0. The van der Waals surface area contributed by atoms with Crippen molar-refractivity contribution >= 4 is 49.0 Å². The highest BCUT2D eigenvalue weighted by atomic mass is 32.2. The van der Waals surface area contributed by atoms with E-state index in [1.54, 1.807) is 58.7 Å². The van der Waals surface area contributed by atoms with Crippen molar-refractivity contribution in [2.24, 2.45) is 0 Å². The van der Waals surface area contributed by atoms with Crippen molar-refractivity contribution in [2.75, 3.05) is 22.7 Å². The number of hydrogen-bond acceptors (Lipinski definition) is 6. The number of hydrogen-bond donors (Lipinski definition) is 2. The molecule has 1 amide bonds. The van der Waals surface area contributed by atoms with Crippen LogP contribution in [0.15, 0.2) is 71.2 Å². The van der Waals surface area contributed by atoms with Crippen molar-refractivity contribution in [3.05, 3.63) is 72.1 Å². The highest BCUT2D eigenvalue weighted by molar-refractivity contribution is 7.93. The third kappa shape index (κ3) is 4.93. The maximum atomic E-state index is 14.0. The molecule has 1 fully saturated rings. The fraction of sp³-hybridized carbons (Fsp3) is 0.280. The molecule has 0 unspecified atom stereocenters. The number of nitrogens with one attached hydrogen (secondary N) is 2. The summed E-state index contributed by atoms with van der Waals surface area (Å²) in [7, 11) is -3.69. The molecule has 0 bridgehead atoms. The molecule has 2 aromatic heterocycles. The number of anilines is 2. The number of piperidine rings is 1. The van der Waals surface area contributed by atoms with E-state index < -0.39 is 16.1 Å². The average Bonchev–Trinajstić information content (AvgIpc) is 3.54. The standard InChI is InChI=1S/C25H26FN5O3S2.2H2/c1-17(31-15-11-21-22(26)3-2-4-23(21)31)24(32)28-18-9-13-30(14-10-18)19-5-7-20(8-6-19)36(33,34)29-25-27-12-16-35-25;;/h2-8,11-12,15-18H,9-10,13-14H2,1H3,(H,27,29)(H,28,32);2*1H/t17-;;/m0../s1. The molecule has 36 heavy (non-hydrogen) atoms. The molecule has 2 aromatic carbocycles. The zero-order chi connectivity index (χ0) is 25.3. The minimum atomic E-state index is -3.69. The number of benzene rings is 2. The molecule has 1 aliphatic rings. The van der Waals surface area contributed by atoms with Gasteiger partial charge in [-0.05, 0) is 62.2 Å². The third-order valence-electron chi connectivity index (χ3n) is 6.51. The number of halogens is 1. The van der Waals surface area contributed by atoms with Gasteiger partial charge in [0.05, 0.1) is 10.4 Å². The number of aromatic nitrogens is 2. The first-order chi connectivity index (χ1) is 17.3. The molecule has 0 saturated carbocycles. The van der Waals surface area contributed by atoms with Gasteiger partial charge in [0.2, 0.25) is 5.91 Å². The Balaban J connectivity index is 0.00000200. The molecule has 5 rings (SSSR count). The van der Waals surface area contributed by atoms with Crippen LogP contribution in [0.2, 0.25) is 0 Å². The van der Waals surface area contributed by atoms with E-state index in [2.05, 4.69) is 19.9 Å². The fourth-order valence-electron chi connectivity index (χ4n) is 4.50. The number of amides is 1. The second-order valence-corrected chi connectivity index (χ2v) is 11.4. The van der Waals surface area contributed by atoms with E-state index in [4.69, 9.17) is 0 Å². The predicted molar refractivity (Wildman–Crippen MR) is 144 cm³/mol. The van der Waals surface area contributed by atoms with Crippen LogP contribution in [0.4, 0.5) is 15.2 Å². The number of thiazole rings is 1. The largest absolute Gasteiger partial charge is 0.371 e. The SMILES string of the molecule is C[C@@H](C(=O)NC1CCN(c2ccc(S(=O)(=O)Nc3nccs3)cc2)CC1)n1ccc2c(F)cccc21.[HH].[HH]. The zero-order valence-corrected chi connectivity index (χ0v) is 21.2. The first kappa shape index (κ1) is 24.3. The highest BCUT2D eigenvalue weighted by Gasteiger charge is 2.25. The summed E-state index contributed by atoms with van der Waals surface area (Å²) in [6.07, 6.45) is 4.83. The number of carbonyl (C=O) groups is 1. The molecular formula is C25H30FN5O3S2. The molecule has 1 saturated heterocycles. The average molecular weight is 532 g/mol. The van der Waals surface area contributed by atoms with Gasteiger partial charge in [-0.1, -0.05) is 6.07 Å². The Morgan fingerprint density at radius 2 is 1.92 bits per heavy atom. The van der Waals surface area contributed by atoms with Gasteiger partial charge >= 0.3 is 0 Å². The van der Waals surface area contributed by atoms with Gasteiger partial charge in [0, 0.05) is 50.8 Å². The van der Waals surface area contributed by atoms with Crippen LogP contribution in [0.3, 0.4) is 0 Å². The van der Waals surface area contributed by atoms with Crippen LogP contribution in [0.5, 0.6) is 0 Å². The molecule has 0 radical (unpaired) electrons. The number of nitrogens with zero attached hydrogens (tertiary/aromatic N) is 3. The summed E-state index contributed by atoms with van der Waals surface area (Å²) in [5, 5.41) is 5.67. The Labute approximate surface area is 215 Å². The lowest BCUT2D eigenvalue weighted by molar-refractivity contribution is -0.124. The minimum Gasteiger partial charge on any atom is -0.371 e. The van der Waals surface area contributed by atoms with Crippen molar-refractivity contribution in [3.63, 3.8) is 0 Å². The van der Waals surface area contributed by atoms with Crippen molar-refractivity contribution in [2.45, 2.75) is 36.7 Å². The molecule has 1 aliphatic heterocycles. The van der Waals surface area contributed by atoms with Crippen LogP contribution in [-0.2, 0) is 14.8 Å². The molecular weight excluding hydrogens is 501 g/mol. The van der Waals surface area contributed by atoms with Gasteiger partial charge in [-0.25, -0.2) is 17.8 Å². The Kier molecular flexibility index (Phi) is 6.67. The van der Waals surface area contributed by atoms with Crippen molar-refractivity contribution in [1.29, 1.82) is 0 Å². The van der Waals surface area contributed by atoms with Crippen LogP contribution >= 0.6 is 11.3 Å². The molecule has 2 N–H and O–H groups in total. The maximum absolute atomic E-state index is 14.0. The lowest BCUT2D eigenvalue weighted by Gasteiger charge is -2.34. The van der Waals surface area contributed by atoms with Crippen LogP contribution < -0.4 is 14.9 Å². The van der Waals surface area contributed by atoms with E-state index in [0.29, 0.717) is 16.0 Å². The molecule has 0 aliphatic carbocycles. The smallest absolute Gasteiger partial charge is 0.263 e. The second-order valence-electron chi connectivity index (χ2n) is 8.78. The van der Waals surface area contributed by atoms with Gasteiger partial charge in [-0.2, -0.15) is 0 Å². The molecule has 4 aromatic rings. The van der Waals surface area contributed by atoms with Crippen LogP contribution in [0.25, 0.3) is 10.9 Å². The molecule has 0 spiro atoms. The van der Waals surface area contributed by atoms with Gasteiger partial charge in [-0.3, -0.25) is 9.52 Å². The summed E-state index contributed by atoms with van der Waals surface area (Å²) in [6, 6.07) is 12.9. The second kappa shape index (κ2) is 9.90. The van der Waals surface area contributed by atoms with E-state index in [9.17, 15) is 17.6 Å². The lowest BCUT2D eigenvalue weighted by atomic mass is 10.0. The summed E-state index contributed by atoms with van der Waals surface area (Å²) < 4.78 is 43.4. The monoisotopic (exact) mass is 531 g/mol. The van der Waals surface area contributed by atoms with E-state index >= 15 is 0 Å². The van der Waals surface area contributed by atoms with E-state index in [0.717, 1.165) is 31.6 Å². The Bertz CT molecular complexity index is 1470. The number of carbonyl (C=O) groups excluding carboxylic acids is 1.